The maximum atomic E-state index is 12.9. The van der Waals surface area contributed by atoms with Crippen LogP contribution in [0.5, 0.6) is 0 Å². The molecule has 1 aromatic carbocycles. The normalized spacial score (nSPS) is 19.2. The molecule has 0 spiro atoms. The molecule has 2 heterocycles. The zero-order chi connectivity index (χ0) is 21.8. The van der Waals surface area contributed by atoms with E-state index in [2.05, 4.69) is 44.0 Å². The molecule has 0 saturated carbocycles. The van der Waals surface area contributed by atoms with Crippen molar-refractivity contribution in [1.29, 1.82) is 0 Å². The standard InChI is InChI=1S/C23H33N3O3S/c1-15(2)25(16(3)4)12-5-6-13-30-20-9-7-8-17-18(20)14-26(23(17)29)19-10-11-21(27)24-22(19)28/h7-9,15-16,19H,5-6,10-14H2,1-4H3,(H,24,27,28). The lowest BCUT2D eigenvalue weighted by atomic mass is 10.0. The van der Waals surface area contributed by atoms with Gasteiger partial charge in [0.25, 0.3) is 5.91 Å². The predicted molar refractivity (Wildman–Crippen MR) is 119 cm³/mol. The summed E-state index contributed by atoms with van der Waals surface area (Å²) in [5.74, 6) is 0.283. The Morgan fingerprint density at radius 2 is 1.87 bits per heavy atom. The van der Waals surface area contributed by atoms with Gasteiger partial charge in [-0.2, -0.15) is 0 Å². The molecular formula is C23H33N3O3S. The van der Waals surface area contributed by atoms with Crippen LogP contribution < -0.4 is 5.32 Å². The van der Waals surface area contributed by atoms with Crippen molar-refractivity contribution in [2.24, 2.45) is 0 Å². The van der Waals surface area contributed by atoms with Crippen molar-refractivity contribution in [1.82, 2.24) is 15.1 Å². The Hall–Kier alpha value is -1.86. The largest absolute Gasteiger partial charge is 0.322 e. The molecule has 2 aliphatic heterocycles. The van der Waals surface area contributed by atoms with Crippen LogP contribution in [0.3, 0.4) is 0 Å². The van der Waals surface area contributed by atoms with E-state index in [-0.39, 0.29) is 24.1 Å². The van der Waals surface area contributed by atoms with E-state index in [1.54, 1.807) is 16.7 Å². The Labute approximate surface area is 183 Å². The quantitative estimate of drug-likeness (QED) is 0.368. The van der Waals surface area contributed by atoms with Crippen LogP contribution in [0, 0.1) is 0 Å². The van der Waals surface area contributed by atoms with Crippen LogP contribution in [-0.4, -0.2) is 57.9 Å². The van der Waals surface area contributed by atoms with Gasteiger partial charge in [-0.05, 0) is 77.0 Å². The van der Waals surface area contributed by atoms with Gasteiger partial charge in [0.1, 0.15) is 6.04 Å². The number of thioether (sulfide) groups is 1. The summed E-state index contributed by atoms with van der Waals surface area (Å²) >= 11 is 1.79. The Balaban J connectivity index is 1.57. The zero-order valence-corrected chi connectivity index (χ0v) is 19.3. The topological polar surface area (TPSA) is 69.7 Å². The number of carbonyl (C=O) groups excluding carboxylic acids is 3. The SMILES string of the molecule is CC(C)N(CCCCSc1cccc2c1CN(C1CCC(=O)NC1=O)C2=O)C(C)C. The molecule has 164 valence electrons. The first kappa shape index (κ1) is 22.8. The lowest BCUT2D eigenvalue weighted by Gasteiger charge is -2.30. The minimum atomic E-state index is -0.557. The summed E-state index contributed by atoms with van der Waals surface area (Å²) in [6.45, 7) is 10.5. The molecule has 1 saturated heterocycles. The lowest BCUT2D eigenvalue weighted by Crippen LogP contribution is -2.52. The Kier molecular flexibility index (Phi) is 7.58. The van der Waals surface area contributed by atoms with E-state index in [4.69, 9.17) is 0 Å². The van der Waals surface area contributed by atoms with Crippen LogP contribution in [0.2, 0.25) is 0 Å². The maximum Gasteiger partial charge on any atom is 0.255 e. The van der Waals surface area contributed by atoms with E-state index in [0.29, 0.717) is 30.6 Å². The molecule has 2 aliphatic rings. The first-order valence-electron chi connectivity index (χ1n) is 10.9. The summed E-state index contributed by atoms with van der Waals surface area (Å²) in [7, 11) is 0. The fourth-order valence-electron chi connectivity index (χ4n) is 4.38. The van der Waals surface area contributed by atoms with Crippen LogP contribution in [0.4, 0.5) is 0 Å². The number of carbonyl (C=O) groups is 3. The average Bonchev–Trinajstić information content (AvgIpc) is 3.01. The number of nitrogens with one attached hydrogen (secondary N) is 1. The van der Waals surface area contributed by atoms with Crippen molar-refractivity contribution in [2.75, 3.05) is 12.3 Å². The third-order valence-electron chi connectivity index (χ3n) is 5.93. The van der Waals surface area contributed by atoms with Crippen molar-refractivity contribution in [3.8, 4) is 0 Å². The Morgan fingerprint density at radius 1 is 1.13 bits per heavy atom. The molecule has 1 unspecified atom stereocenters. The number of hydrogen-bond acceptors (Lipinski definition) is 5. The van der Waals surface area contributed by atoms with Gasteiger partial charge in [-0.1, -0.05) is 6.07 Å². The van der Waals surface area contributed by atoms with E-state index in [0.717, 1.165) is 35.6 Å². The smallest absolute Gasteiger partial charge is 0.255 e. The summed E-state index contributed by atoms with van der Waals surface area (Å²) in [5, 5.41) is 2.36. The number of piperidine rings is 1. The molecule has 0 aromatic heterocycles. The molecule has 1 N–H and O–H groups in total. The number of fused-ring (bicyclic) bond motifs is 1. The van der Waals surface area contributed by atoms with Crippen LogP contribution in [0.15, 0.2) is 23.1 Å². The Bertz CT molecular complexity index is 801. The van der Waals surface area contributed by atoms with Crippen molar-refractivity contribution >= 4 is 29.5 Å². The number of rotatable bonds is 9. The highest BCUT2D eigenvalue weighted by molar-refractivity contribution is 7.99. The van der Waals surface area contributed by atoms with Gasteiger partial charge in [0.15, 0.2) is 0 Å². The number of hydrogen-bond donors (Lipinski definition) is 1. The van der Waals surface area contributed by atoms with E-state index in [1.165, 1.54) is 0 Å². The second-order valence-corrected chi connectivity index (χ2v) is 9.80. The molecule has 1 aromatic rings. The van der Waals surface area contributed by atoms with Gasteiger partial charge in [-0.25, -0.2) is 0 Å². The van der Waals surface area contributed by atoms with Crippen LogP contribution in [0.1, 0.15) is 69.3 Å². The summed E-state index contributed by atoms with van der Waals surface area (Å²) in [6.07, 6.45) is 2.95. The van der Waals surface area contributed by atoms with Crippen LogP contribution in [0.25, 0.3) is 0 Å². The van der Waals surface area contributed by atoms with Gasteiger partial charge in [-0.15, -0.1) is 11.8 Å². The molecule has 0 aliphatic carbocycles. The molecule has 3 amide bonds. The van der Waals surface area contributed by atoms with Crippen molar-refractivity contribution in [3.05, 3.63) is 29.3 Å². The average molecular weight is 432 g/mol. The van der Waals surface area contributed by atoms with Crippen LogP contribution in [-0.2, 0) is 16.1 Å². The summed E-state index contributed by atoms with van der Waals surface area (Å²) in [4.78, 5) is 41.8. The van der Waals surface area contributed by atoms with Gasteiger partial charge in [-0.3, -0.25) is 24.6 Å². The summed E-state index contributed by atoms with van der Waals surface area (Å²) in [6, 6.07) is 6.39. The summed E-state index contributed by atoms with van der Waals surface area (Å²) in [5.41, 5.74) is 1.71. The zero-order valence-electron chi connectivity index (χ0n) is 18.4. The number of nitrogens with zero attached hydrogens (tertiary/aromatic N) is 2. The number of unbranched alkanes of at least 4 members (excludes halogenated alkanes) is 1. The molecule has 0 bridgehead atoms. The molecule has 30 heavy (non-hydrogen) atoms. The number of imide groups is 1. The summed E-state index contributed by atoms with van der Waals surface area (Å²) < 4.78 is 0. The van der Waals surface area contributed by atoms with Gasteiger partial charge < -0.3 is 4.90 Å². The predicted octanol–water partition coefficient (Wildman–Crippen LogP) is 3.44. The Morgan fingerprint density at radius 3 is 2.53 bits per heavy atom. The van der Waals surface area contributed by atoms with Crippen molar-refractivity contribution in [2.45, 2.75) is 82.9 Å². The highest BCUT2D eigenvalue weighted by atomic mass is 32.2. The van der Waals surface area contributed by atoms with E-state index in [9.17, 15) is 14.4 Å². The fraction of sp³-hybridized carbons (Fsp3) is 0.609. The minimum Gasteiger partial charge on any atom is -0.322 e. The lowest BCUT2D eigenvalue weighted by molar-refractivity contribution is -0.136. The van der Waals surface area contributed by atoms with Gasteiger partial charge in [0.05, 0.1) is 0 Å². The molecule has 7 heteroatoms. The molecule has 0 radical (unpaired) electrons. The van der Waals surface area contributed by atoms with E-state index >= 15 is 0 Å². The maximum absolute atomic E-state index is 12.9. The molecular weight excluding hydrogens is 398 g/mol. The molecule has 1 atom stereocenters. The minimum absolute atomic E-state index is 0.105. The van der Waals surface area contributed by atoms with Gasteiger partial charge >= 0.3 is 0 Å². The molecule has 1 fully saturated rings. The van der Waals surface area contributed by atoms with Crippen molar-refractivity contribution in [3.63, 3.8) is 0 Å². The fourth-order valence-corrected chi connectivity index (χ4v) is 5.48. The first-order valence-corrected chi connectivity index (χ1v) is 11.9. The second kappa shape index (κ2) is 9.96. The van der Waals surface area contributed by atoms with Gasteiger partial charge in [0.2, 0.25) is 11.8 Å². The number of amides is 3. The van der Waals surface area contributed by atoms with E-state index < -0.39 is 6.04 Å². The monoisotopic (exact) mass is 431 g/mol. The van der Waals surface area contributed by atoms with E-state index in [1.807, 2.05) is 12.1 Å². The molecule has 3 rings (SSSR count). The van der Waals surface area contributed by atoms with Crippen LogP contribution >= 0.6 is 11.8 Å². The third kappa shape index (κ3) is 5.06. The first-order chi connectivity index (χ1) is 14.3. The second-order valence-electron chi connectivity index (χ2n) is 8.66. The highest BCUT2D eigenvalue weighted by Gasteiger charge is 2.39. The molecule has 6 nitrogen and oxygen atoms in total. The highest BCUT2D eigenvalue weighted by Crippen LogP contribution is 2.34. The number of benzene rings is 1. The van der Waals surface area contributed by atoms with Crippen molar-refractivity contribution < 1.29 is 14.4 Å². The third-order valence-corrected chi connectivity index (χ3v) is 7.12. The van der Waals surface area contributed by atoms with Gasteiger partial charge in [0, 0.05) is 35.5 Å².